The Hall–Kier alpha value is -7.42. The molecule has 0 spiro atoms. The van der Waals surface area contributed by atoms with Gasteiger partial charge in [0.25, 0.3) is 0 Å². The van der Waals surface area contributed by atoms with Gasteiger partial charge in [0.05, 0.1) is 22.4 Å². The molecule has 2 aliphatic carbocycles. The predicted octanol–water partition coefficient (Wildman–Crippen LogP) is 16.2. The highest BCUT2D eigenvalue weighted by molar-refractivity contribution is 6.11. The van der Waals surface area contributed by atoms with E-state index in [0.717, 1.165) is 17.1 Å². The van der Waals surface area contributed by atoms with Gasteiger partial charge in [0.2, 0.25) is 0 Å². The molecule has 0 atom stereocenters. The van der Waals surface area contributed by atoms with Crippen molar-refractivity contribution in [1.82, 2.24) is 4.57 Å². The number of benzene rings is 9. The molecule has 0 aliphatic heterocycles. The van der Waals surface area contributed by atoms with Gasteiger partial charge in [0.1, 0.15) is 0 Å². The number of rotatable bonds is 6. The van der Waals surface area contributed by atoms with Crippen molar-refractivity contribution in [3.8, 4) is 50.2 Å². The monoisotopic (exact) mass is 794 g/mol. The molecule has 1 aromatic heterocycles. The maximum absolute atomic E-state index is 2.52. The molecule has 9 aromatic carbocycles. The van der Waals surface area contributed by atoms with E-state index in [9.17, 15) is 0 Å². The van der Waals surface area contributed by atoms with E-state index in [1.807, 2.05) is 0 Å². The topological polar surface area (TPSA) is 8.17 Å². The Morgan fingerprint density at radius 1 is 0.355 bits per heavy atom. The first-order valence-electron chi connectivity index (χ1n) is 21.9. The van der Waals surface area contributed by atoms with Gasteiger partial charge in [-0.1, -0.05) is 179 Å². The van der Waals surface area contributed by atoms with Crippen molar-refractivity contribution in [2.75, 3.05) is 4.90 Å². The highest BCUT2D eigenvalue weighted by Crippen LogP contribution is 2.56. The summed E-state index contributed by atoms with van der Waals surface area (Å²) in [6.07, 6.45) is 0. The van der Waals surface area contributed by atoms with Crippen LogP contribution in [0.2, 0.25) is 0 Å². The lowest BCUT2D eigenvalue weighted by molar-refractivity contribution is 0.660. The van der Waals surface area contributed by atoms with Crippen LogP contribution in [0, 0.1) is 0 Å². The predicted molar refractivity (Wildman–Crippen MR) is 261 cm³/mol. The summed E-state index contributed by atoms with van der Waals surface area (Å²) in [5.41, 5.74) is 22.5. The highest BCUT2D eigenvalue weighted by Gasteiger charge is 2.39. The number of nitrogens with zero attached hydrogens (tertiary/aromatic N) is 2. The van der Waals surface area contributed by atoms with Crippen LogP contribution < -0.4 is 4.90 Å². The van der Waals surface area contributed by atoms with E-state index >= 15 is 0 Å². The second-order valence-electron chi connectivity index (χ2n) is 18.1. The summed E-state index contributed by atoms with van der Waals surface area (Å²) in [6, 6.07) is 76.5. The zero-order valence-electron chi connectivity index (χ0n) is 35.5. The summed E-state index contributed by atoms with van der Waals surface area (Å²) < 4.78 is 2.39. The zero-order valence-corrected chi connectivity index (χ0v) is 35.5. The summed E-state index contributed by atoms with van der Waals surface area (Å²) in [6.45, 7) is 9.45. The third-order valence-corrected chi connectivity index (χ3v) is 14.0. The number of aromatic nitrogens is 1. The van der Waals surface area contributed by atoms with Crippen LogP contribution in [0.25, 0.3) is 72.0 Å². The normalized spacial score (nSPS) is 14.1. The number of hydrogen-bond donors (Lipinski definition) is 0. The first kappa shape index (κ1) is 36.4. The molecule has 0 fully saturated rings. The lowest BCUT2D eigenvalue weighted by Crippen LogP contribution is -2.16. The summed E-state index contributed by atoms with van der Waals surface area (Å²) in [7, 11) is 0. The minimum absolute atomic E-state index is 0.0559. The van der Waals surface area contributed by atoms with Gasteiger partial charge in [-0.3, -0.25) is 0 Å². The molecular formula is C60H46N2. The van der Waals surface area contributed by atoms with E-state index in [1.54, 1.807) is 0 Å². The van der Waals surface area contributed by atoms with Crippen LogP contribution in [0.4, 0.5) is 17.1 Å². The molecule has 0 saturated carbocycles. The third kappa shape index (κ3) is 5.23. The van der Waals surface area contributed by atoms with Gasteiger partial charge >= 0.3 is 0 Å². The van der Waals surface area contributed by atoms with Gasteiger partial charge in [-0.15, -0.1) is 0 Å². The highest BCUT2D eigenvalue weighted by atomic mass is 15.1. The number of anilines is 3. The van der Waals surface area contributed by atoms with Crippen molar-refractivity contribution in [3.05, 3.63) is 229 Å². The number of para-hydroxylation sites is 3. The molecule has 2 heteroatoms. The average Bonchev–Trinajstić information content (AvgIpc) is 3.87. The van der Waals surface area contributed by atoms with Crippen molar-refractivity contribution in [3.63, 3.8) is 0 Å². The van der Waals surface area contributed by atoms with Crippen LogP contribution in [-0.4, -0.2) is 4.57 Å². The molecule has 62 heavy (non-hydrogen) atoms. The summed E-state index contributed by atoms with van der Waals surface area (Å²) in [4.78, 5) is 2.52. The first-order valence-corrected chi connectivity index (χ1v) is 21.9. The Morgan fingerprint density at radius 3 is 1.61 bits per heavy atom. The second kappa shape index (κ2) is 13.5. The van der Waals surface area contributed by atoms with Crippen molar-refractivity contribution < 1.29 is 0 Å². The number of fused-ring (bicyclic) bond motifs is 9. The fourth-order valence-electron chi connectivity index (χ4n) is 11.0. The summed E-state index contributed by atoms with van der Waals surface area (Å²) >= 11 is 0. The summed E-state index contributed by atoms with van der Waals surface area (Å²) in [5, 5.41) is 2.49. The summed E-state index contributed by atoms with van der Waals surface area (Å²) in [5.74, 6) is 0. The molecule has 0 unspecified atom stereocenters. The first-order chi connectivity index (χ1) is 30.3. The van der Waals surface area contributed by atoms with Gasteiger partial charge in [0.15, 0.2) is 0 Å². The molecule has 0 radical (unpaired) electrons. The Morgan fingerprint density at radius 2 is 0.871 bits per heavy atom. The molecule has 1 heterocycles. The fourth-order valence-corrected chi connectivity index (χ4v) is 11.0. The quantitative estimate of drug-likeness (QED) is 0.163. The molecular weight excluding hydrogens is 749 g/mol. The van der Waals surface area contributed by atoms with Gasteiger partial charge in [-0.25, -0.2) is 0 Å². The van der Waals surface area contributed by atoms with E-state index in [0.29, 0.717) is 0 Å². The van der Waals surface area contributed by atoms with Gasteiger partial charge in [-0.05, 0) is 110 Å². The van der Waals surface area contributed by atoms with Crippen LogP contribution >= 0.6 is 0 Å². The zero-order chi connectivity index (χ0) is 41.7. The Labute approximate surface area is 364 Å². The number of hydrogen-bond acceptors (Lipinski definition) is 1. The van der Waals surface area contributed by atoms with Gasteiger partial charge in [-0.2, -0.15) is 0 Å². The Balaban J connectivity index is 1.07. The van der Waals surface area contributed by atoms with E-state index in [1.165, 1.54) is 94.3 Å². The molecule has 12 rings (SSSR count). The van der Waals surface area contributed by atoms with Gasteiger partial charge < -0.3 is 9.47 Å². The minimum atomic E-state index is -0.132. The second-order valence-corrected chi connectivity index (χ2v) is 18.1. The standard InChI is InChI=1S/C60H46N2/c1-59(2)49-25-12-8-22-46(49)57-44(24-16-27-51(57)59)39-32-35-42(36-33-39)62(56-31-17-28-52-58(56)47-23-9-13-26-50(47)60(52,3)4)53-29-14-10-20-43(53)40-34-37-55-48(38-40)45-21-11-15-30-54(45)61(55)41-18-6-5-7-19-41/h5-38H,1-4H3. The lowest BCUT2D eigenvalue weighted by atomic mass is 9.82. The molecule has 0 N–H and O–H groups in total. The molecule has 2 nitrogen and oxygen atoms in total. The van der Waals surface area contributed by atoms with Crippen LogP contribution in [0.15, 0.2) is 206 Å². The maximum Gasteiger partial charge on any atom is 0.0543 e. The van der Waals surface area contributed by atoms with Crippen LogP contribution in [0.1, 0.15) is 49.9 Å². The average molecular weight is 795 g/mol. The minimum Gasteiger partial charge on any atom is -0.309 e. The molecule has 0 saturated heterocycles. The molecule has 2 aliphatic rings. The third-order valence-electron chi connectivity index (χ3n) is 14.0. The van der Waals surface area contributed by atoms with E-state index in [4.69, 9.17) is 0 Å². The van der Waals surface area contributed by atoms with Crippen LogP contribution in [0.5, 0.6) is 0 Å². The van der Waals surface area contributed by atoms with Crippen LogP contribution in [-0.2, 0) is 10.8 Å². The molecule has 296 valence electrons. The molecule has 10 aromatic rings. The van der Waals surface area contributed by atoms with Crippen molar-refractivity contribution in [2.45, 2.75) is 38.5 Å². The van der Waals surface area contributed by atoms with E-state index in [2.05, 4.69) is 243 Å². The van der Waals surface area contributed by atoms with Crippen molar-refractivity contribution in [1.29, 1.82) is 0 Å². The smallest absolute Gasteiger partial charge is 0.0543 e. The van der Waals surface area contributed by atoms with E-state index < -0.39 is 0 Å². The maximum atomic E-state index is 2.52. The van der Waals surface area contributed by atoms with Gasteiger partial charge in [0, 0.05) is 44.1 Å². The van der Waals surface area contributed by atoms with E-state index in [-0.39, 0.29) is 10.8 Å². The SMILES string of the molecule is CC1(C)c2ccccc2-c2c(-c3ccc(N(c4ccccc4-c4ccc5c(c4)c4ccccc4n5-c4ccccc4)c4cccc5c4-c4ccccc4C5(C)C)cc3)cccc21. The molecule has 0 bridgehead atoms. The lowest BCUT2D eigenvalue weighted by Gasteiger charge is -2.30. The largest absolute Gasteiger partial charge is 0.309 e. The Bertz CT molecular complexity index is 3400. The van der Waals surface area contributed by atoms with Crippen molar-refractivity contribution >= 4 is 38.9 Å². The van der Waals surface area contributed by atoms with Crippen molar-refractivity contribution in [2.24, 2.45) is 0 Å². The Kier molecular flexibility index (Phi) is 7.96. The van der Waals surface area contributed by atoms with Crippen LogP contribution in [0.3, 0.4) is 0 Å². The fraction of sp³-hybridized carbons (Fsp3) is 0.100. The molecule has 0 amide bonds.